The molecule has 0 atom stereocenters. The Labute approximate surface area is 140 Å². The lowest BCUT2D eigenvalue weighted by Gasteiger charge is -2.06. The molecule has 0 aliphatic rings. The number of carbonyl (C=O) groups excluding carboxylic acids is 2. The van der Waals surface area contributed by atoms with Crippen molar-refractivity contribution in [2.75, 3.05) is 6.61 Å². The smallest absolute Gasteiger partial charge is 0.338 e. The van der Waals surface area contributed by atoms with E-state index in [0.29, 0.717) is 16.1 Å². The molecular formula is C16H9Cl2NO4. The van der Waals surface area contributed by atoms with Crippen LogP contribution in [0.1, 0.15) is 20.7 Å². The summed E-state index contributed by atoms with van der Waals surface area (Å²) in [5, 5.41) is 0.630. The summed E-state index contributed by atoms with van der Waals surface area (Å²) in [7, 11) is 0. The van der Waals surface area contributed by atoms with Crippen molar-refractivity contribution in [3.63, 3.8) is 0 Å². The molecule has 2 aromatic carbocycles. The predicted octanol–water partition coefficient (Wildman–Crippen LogP) is 4.17. The number of esters is 1. The summed E-state index contributed by atoms with van der Waals surface area (Å²) >= 11 is 11.7. The molecule has 0 spiro atoms. The fourth-order valence-corrected chi connectivity index (χ4v) is 2.50. The van der Waals surface area contributed by atoms with Gasteiger partial charge in [0.15, 0.2) is 18.6 Å². The van der Waals surface area contributed by atoms with E-state index in [1.165, 1.54) is 24.6 Å². The van der Waals surface area contributed by atoms with Crippen LogP contribution in [-0.2, 0) is 4.74 Å². The van der Waals surface area contributed by atoms with Crippen molar-refractivity contribution in [2.45, 2.75) is 0 Å². The summed E-state index contributed by atoms with van der Waals surface area (Å²) in [6.45, 7) is -0.422. The maximum Gasteiger partial charge on any atom is 0.338 e. The van der Waals surface area contributed by atoms with E-state index in [9.17, 15) is 9.59 Å². The number of halogens is 2. The fraction of sp³-hybridized carbons (Fsp3) is 0.0625. The summed E-state index contributed by atoms with van der Waals surface area (Å²) in [6.07, 6.45) is 1.28. The highest BCUT2D eigenvalue weighted by atomic mass is 35.5. The average Bonchev–Trinajstić information content (AvgIpc) is 2.99. The quantitative estimate of drug-likeness (QED) is 0.522. The number of ketones is 1. The standard InChI is InChI=1S/C16H9Cl2NO4/c17-10-2-3-11(12(18)6-10)14(20)7-22-16(21)9-1-4-13-15(5-9)23-8-19-13/h1-6,8H,7H2. The molecule has 1 aromatic heterocycles. The van der Waals surface area contributed by atoms with Crippen molar-refractivity contribution in [3.8, 4) is 0 Å². The minimum absolute atomic E-state index is 0.210. The van der Waals surface area contributed by atoms with Gasteiger partial charge in [0.2, 0.25) is 5.78 Å². The molecule has 23 heavy (non-hydrogen) atoms. The van der Waals surface area contributed by atoms with Crippen LogP contribution in [0, 0.1) is 0 Å². The lowest BCUT2D eigenvalue weighted by molar-refractivity contribution is 0.0475. The van der Waals surface area contributed by atoms with Crippen LogP contribution in [0.15, 0.2) is 47.2 Å². The van der Waals surface area contributed by atoms with Crippen LogP contribution in [0.5, 0.6) is 0 Å². The first-order valence-corrected chi connectivity index (χ1v) is 7.29. The van der Waals surface area contributed by atoms with Gasteiger partial charge in [-0.2, -0.15) is 0 Å². The first-order valence-electron chi connectivity index (χ1n) is 6.53. The molecule has 0 saturated heterocycles. The second kappa shape index (κ2) is 6.40. The molecule has 7 heteroatoms. The van der Waals surface area contributed by atoms with E-state index >= 15 is 0 Å². The van der Waals surface area contributed by atoms with Crippen LogP contribution in [0.3, 0.4) is 0 Å². The third-order valence-corrected chi connectivity index (χ3v) is 3.68. The van der Waals surface area contributed by atoms with Gasteiger partial charge in [-0.1, -0.05) is 23.2 Å². The molecule has 1 heterocycles. The minimum Gasteiger partial charge on any atom is -0.454 e. The first-order chi connectivity index (χ1) is 11.0. The number of nitrogens with zero attached hydrogens (tertiary/aromatic N) is 1. The SMILES string of the molecule is O=C(OCC(=O)c1ccc(Cl)cc1Cl)c1ccc2ncoc2c1. The Morgan fingerprint density at radius 1 is 1.13 bits per heavy atom. The van der Waals surface area contributed by atoms with E-state index in [1.807, 2.05) is 0 Å². The second-order valence-corrected chi connectivity index (χ2v) is 5.50. The Balaban J connectivity index is 1.69. The molecule has 0 fully saturated rings. The fourth-order valence-electron chi connectivity index (χ4n) is 1.99. The van der Waals surface area contributed by atoms with Gasteiger partial charge in [-0.05, 0) is 36.4 Å². The largest absolute Gasteiger partial charge is 0.454 e. The lowest BCUT2D eigenvalue weighted by Crippen LogP contribution is -2.14. The Morgan fingerprint density at radius 2 is 1.96 bits per heavy atom. The molecular weight excluding hydrogens is 341 g/mol. The Hall–Kier alpha value is -2.37. The van der Waals surface area contributed by atoms with Gasteiger partial charge in [0.05, 0.1) is 10.6 Å². The Bertz CT molecular complexity index is 904. The first kappa shape index (κ1) is 15.5. The topological polar surface area (TPSA) is 69.4 Å². The Morgan fingerprint density at radius 3 is 2.74 bits per heavy atom. The monoisotopic (exact) mass is 349 g/mol. The van der Waals surface area contributed by atoms with Crippen molar-refractivity contribution in [1.29, 1.82) is 0 Å². The molecule has 0 bridgehead atoms. The van der Waals surface area contributed by atoms with Crippen molar-refractivity contribution >= 4 is 46.1 Å². The number of ether oxygens (including phenoxy) is 1. The maximum atomic E-state index is 12.1. The number of carbonyl (C=O) groups is 2. The summed E-state index contributed by atoms with van der Waals surface area (Å²) in [5.74, 6) is -1.05. The predicted molar refractivity (Wildman–Crippen MR) is 85.1 cm³/mol. The van der Waals surface area contributed by atoms with E-state index in [0.717, 1.165) is 0 Å². The maximum absolute atomic E-state index is 12.1. The van der Waals surface area contributed by atoms with Gasteiger partial charge in [0, 0.05) is 10.6 Å². The molecule has 0 saturated carbocycles. The van der Waals surface area contributed by atoms with Gasteiger partial charge in [0.1, 0.15) is 5.52 Å². The van der Waals surface area contributed by atoms with Gasteiger partial charge in [-0.15, -0.1) is 0 Å². The van der Waals surface area contributed by atoms with Crippen LogP contribution < -0.4 is 0 Å². The van der Waals surface area contributed by atoms with E-state index < -0.39 is 18.4 Å². The number of Topliss-reactive ketones (excluding diaryl/α,β-unsaturated/α-hetero) is 1. The number of hydrogen-bond donors (Lipinski definition) is 0. The van der Waals surface area contributed by atoms with Crippen LogP contribution in [0.4, 0.5) is 0 Å². The zero-order valence-electron chi connectivity index (χ0n) is 11.6. The number of aromatic nitrogens is 1. The number of benzene rings is 2. The molecule has 3 aromatic rings. The number of fused-ring (bicyclic) bond motifs is 1. The molecule has 3 rings (SSSR count). The Kier molecular flexibility index (Phi) is 4.32. The van der Waals surface area contributed by atoms with Gasteiger partial charge < -0.3 is 9.15 Å². The van der Waals surface area contributed by atoms with E-state index in [1.54, 1.807) is 18.2 Å². The van der Waals surface area contributed by atoms with Crippen molar-refractivity contribution in [3.05, 3.63) is 64.0 Å². The molecule has 116 valence electrons. The average molecular weight is 350 g/mol. The molecule has 0 aliphatic carbocycles. The van der Waals surface area contributed by atoms with Gasteiger partial charge in [0.25, 0.3) is 0 Å². The van der Waals surface area contributed by atoms with Crippen LogP contribution >= 0.6 is 23.2 Å². The van der Waals surface area contributed by atoms with Crippen molar-refractivity contribution in [2.24, 2.45) is 0 Å². The van der Waals surface area contributed by atoms with Gasteiger partial charge in [-0.25, -0.2) is 9.78 Å². The zero-order valence-corrected chi connectivity index (χ0v) is 13.1. The van der Waals surface area contributed by atoms with E-state index in [-0.39, 0.29) is 16.1 Å². The van der Waals surface area contributed by atoms with Crippen molar-refractivity contribution in [1.82, 2.24) is 4.98 Å². The normalized spacial score (nSPS) is 10.7. The zero-order chi connectivity index (χ0) is 16.4. The van der Waals surface area contributed by atoms with Crippen LogP contribution in [0.25, 0.3) is 11.1 Å². The minimum atomic E-state index is -0.637. The molecule has 0 radical (unpaired) electrons. The summed E-state index contributed by atoms with van der Waals surface area (Å²) < 4.78 is 10.1. The highest BCUT2D eigenvalue weighted by Gasteiger charge is 2.15. The van der Waals surface area contributed by atoms with Crippen LogP contribution in [-0.4, -0.2) is 23.3 Å². The molecule has 0 aliphatic heterocycles. The molecule has 5 nitrogen and oxygen atoms in total. The number of oxazole rings is 1. The highest BCUT2D eigenvalue weighted by Crippen LogP contribution is 2.21. The van der Waals surface area contributed by atoms with Crippen molar-refractivity contribution < 1.29 is 18.7 Å². The van der Waals surface area contributed by atoms with Gasteiger partial charge in [-0.3, -0.25) is 4.79 Å². The molecule has 0 N–H and O–H groups in total. The molecule has 0 unspecified atom stereocenters. The third-order valence-electron chi connectivity index (χ3n) is 3.13. The highest BCUT2D eigenvalue weighted by molar-refractivity contribution is 6.36. The lowest BCUT2D eigenvalue weighted by atomic mass is 10.1. The number of rotatable bonds is 4. The van der Waals surface area contributed by atoms with Gasteiger partial charge >= 0.3 is 5.97 Å². The second-order valence-electron chi connectivity index (χ2n) is 4.66. The van der Waals surface area contributed by atoms with E-state index in [2.05, 4.69) is 4.98 Å². The number of hydrogen-bond acceptors (Lipinski definition) is 5. The van der Waals surface area contributed by atoms with E-state index in [4.69, 9.17) is 32.4 Å². The molecule has 0 amide bonds. The van der Waals surface area contributed by atoms with Crippen LogP contribution in [0.2, 0.25) is 10.0 Å². The summed E-state index contributed by atoms with van der Waals surface area (Å²) in [4.78, 5) is 28.0. The summed E-state index contributed by atoms with van der Waals surface area (Å²) in [5.41, 5.74) is 1.61. The third kappa shape index (κ3) is 3.36. The summed E-state index contributed by atoms with van der Waals surface area (Å²) in [6, 6.07) is 9.17.